The van der Waals surface area contributed by atoms with Crippen molar-refractivity contribution in [3.05, 3.63) is 0 Å². The molecule has 11 saturated heterocycles. The Hall–Kier alpha value is -5.22. The third-order valence-electron chi connectivity index (χ3n) is 27.3. The maximum absolute atomic E-state index is 13.3. The van der Waals surface area contributed by atoms with E-state index in [0.717, 1.165) is 27.7 Å². The van der Waals surface area contributed by atoms with Crippen LogP contribution in [0.25, 0.3) is 0 Å². The molecule has 0 aromatic carbocycles. The summed E-state index contributed by atoms with van der Waals surface area (Å²) in [7, 11) is 0. The fourth-order valence-electron chi connectivity index (χ4n) is 19.1. The molecule has 57 atom stereocenters. The molecule has 21 unspecified atom stereocenters. The third-order valence-corrected chi connectivity index (χ3v) is 27.3. The summed E-state index contributed by atoms with van der Waals surface area (Å²) in [5.74, 6) is -11.2. The van der Waals surface area contributed by atoms with Crippen LogP contribution in [0, 0.1) is 11.8 Å². The average Bonchev–Trinajstić information content (AvgIpc) is 0.827. The van der Waals surface area contributed by atoms with E-state index >= 15 is 0 Å². The van der Waals surface area contributed by atoms with Gasteiger partial charge in [0.2, 0.25) is 23.6 Å². The van der Waals surface area contributed by atoms with Gasteiger partial charge in [-0.25, -0.2) is 0 Å². The van der Waals surface area contributed by atoms with Crippen LogP contribution >= 0.6 is 0 Å². The van der Waals surface area contributed by atoms with Crippen molar-refractivity contribution in [2.45, 2.75) is 398 Å². The third kappa shape index (κ3) is 27.1. The number of aliphatic hydroxyl groups excluding tert-OH is 30. The van der Waals surface area contributed by atoms with E-state index in [0.29, 0.717) is 0 Å². The highest BCUT2D eigenvalue weighted by atomic mass is 16.9. The Morgan fingerprint density at radius 3 is 0.932 bits per heavy atom. The van der Waals surface area contributed by atoms with Gasteiger partial charge in [0, 0.05) is 39.5 Å². The zero-order chi connectivity index (χ0) is 108. The first-order valence-corrected chi connectivity index (χ1v) is 46.9. The van der Waals surface area contributed by atoms with Crippen LogP contribution in [0.5, 0.6) is 0 Å². The van der Waals surface area contributed by atoms with E-state index in [1.54, 1.807) is 0 Å². The minimum atomic E-state index is -2.70. The lowest BCUT2D eigenvalue weighted by Crippen LogP contribution is -2.71. The number of aliphatic hydroxyl groups is 30. The number of nitrogens with one attached hydrogen (secondary N) is 4. The van der Waals surface area contributed by atoms with Crippen LogP contribution in [0.15, 0.2) is 0 Å². The smallest absolute Gasteiger partial charge is 0.332 e. The molecule has 0 aromatic rings. The minimum Gasteiger partial charge on any atom is -0.410 e. The fourth-order valence-corrected chi connectivity index (χ4v) is 19.1. The van der Waals surface area contributed by atoms with E-state index in [1.165, 1.54) is 20.8 Å². The maximum atomic E-state index is 13.3. The second kappa shape index (κ2) is 52.8. The van der Waals surface area contributed by atoms with Gasteiger partial charge in [0.15, 0.2) is 50.3 Å². The quantitative estimate of drug-likeness (QED) is 0.0199. The molecule has 11 rings (SSSR count). The summed E-state index contributed by atoms with van der Waals surface area (Å²) in [6.07, 6.45) is -105. The number of rotatable bonds is 43. The average molecular weight is 2140 g/mol. The van der Waals surface area contributed by atoms with Gasteiger partial charge in [0.25, 0.3) is 12.9 Å². The van der Waals surface area contributed by atoms with Crippen molar-refractivity contribution in [3.8, 4) is 0 Å². The molecular weight excluding hydrogens is 2000 g/mol. The first-order chi connectivity index (χ1) is 69.0. The molecule has 63 heteroatoms. The molecule has 0 aromatic heterocycles. The first-order valence-electron chi connectivity index (χ1n) is 46.9. The molecule has 34 N–H and O–H groups in total. The lowest BCUT2D eigenvalue weighted by molar-refractivity contribution is -0.424. The monoisotopic (exact) mass is 2130 g/mol. The Morgan fingerprint density at radius 1 is 0.308 bits per heavy atom. The van der Waals surface area contributed by atoms with Crippen molar-refractivity contribution in [3.63, 3.8) is 0 Å². The summed E-state index contributed by atoms with van der Waals surface area (Å²) in [5.41, 5.74) is 0. The number of hydrogen-bond acceptors (Lipinski definition) is 59. The molecule has 0 bridgehead atoms. The summed E-state index contributed by atoms with van der Waals surface area (Å²) in [5, 5.41) is 349. The van der Waals surface area contributed by atoms with Crippen molar-refractivity contribution in [2.24, 2.45) is 11.8 Å². The molecule has 0 aliphatic carbocycles. The molecule has 11 aliphatic rings. The van der Waals surface area contributed by atoms with Crippen molar-refractivity contribution < 1.29 is 291 Å². The van der Waals surface area contributed by atoms with E-state index < -0.39 is 458 Å². The molecule has 146 heavy (non-hydrogen) atoms. The van der Waals surface area contributed by atoms with Gasteiger partial charge in [-0.05, 0) is 6.92 Å². The highest BCUT2D eigenvalue weighted by Gasteiger charge is 2.64. The zero-order valence-corrected chi connectivity index (χ0v) is 79.4. The predicted molar refractivity (Wildman–Crippen MR) is 452 cm³/mol. The van der Waals surface area contributed by atoms with Crippen LogP contribution in [0.4, 0.5) is 0 Å². The summed E-state index contributed by atoms with van der Waals surface area (Å²) < 4.78 is 137. The van der Waals surface area contributed by atoms with Gasteiger partial charge in [0.1, 0.15) is 238 Å². The van der Waals surface area contributed by atoms with Gasteiger partial charge in [-0.3, -0.25) is 28.8 Å². The van der Waals surface area contributed by atoms with Gasteiger partial charge in [-0.1, -0.05) is 13.8 Å². The minimum absolute atomic E-state index is 0.202. The van der Waals surface area contributed by atoms with Gasteiger partial charge >= 0.3 is 11.9 Å². The van der Waals surface area contributed by atoms with Crippen LogP contribution in [-0.2, 0) is 138 Å². The molecule has 0 spiro atoms. The van der Waals surface area contributed by atoms with Crippen LogP contribution in [-0.4, -0.2) is 599 Å². The van der Waals surface area contributed by atoms with Gasteiger partial charge in [-0.15, -0.1) is 0 Å². The molecule has 0 saturated carbocycles. The maximum Gasteiger partial charge on any atom is 0.332 e. The lowest BCUT2D eigenvalue weighted by Gasteiger charge is -2.51. The largest absolute Gasteiger partial charge is 0.410 e. The number of ether oxygens (including phenoxy) is 23. The van der Waals surface area contributed by atoms with Crippen molar-refractivity contribution >= 4 is 36.6 Å². The lowest BCUT2D eigenvalue weighted by atomic mass is 9.87. The topological polar surface area (TPSA) is 970 Å². The molecule has 11 aliphatic heterocycles. The van der Waals surface area contributed by atoms with Crippen molar-refractivity contribution in [1.82, 2.24) is 21.3 Å². The second-order valence-electron chi connectivity index (χ2n) is 37.4. The molecular formula is C83H138N4O59. The Bertz CT molecular complexity index is 4070. The Labute approximate surface area is 828 Å². The first kappa shape index (κ1) is 121. The van der Waals surface area contributed by atoms with Crippen molar-refractivity contribution in [1.29, 1.82) is 0 Å². The number of hydrogen-bond donors (Lipinski definition) is 34. The van der Waals surface area contributed by atoms with E-state index in [1.807, 2.05) is 0 Å². The Kier molecular flexibility index (Phi) is 43.8. The Morgan fingerprint density at radius 2 is 0.589 bits per heavy atom. The van der Waals surface area contributed by atoms with Gasteiger partial charge < -0.3 is 283 Å². The van der Waals surface area contributed by atoms with Crippen LogP contribution in [0.2, 0.25) is 0 Å². The highest BCUT2D eigenvalue weighted by molar-refractivity contribution is 5.74. The summed E-state index contributed by atoms with van der Waals surface area (Å²) in [4.78, 5) is 76.0. The van der Waals surface area contributed by atoms with Crippen LogP contribution < -0.4 is 21.3 Å². The predicted octanol–water partition coefficient (Wildman–Crippen LogP) is -22.3. The standard InChI is InChI=1S/C83H138N4O59/c1-23-30(102)8-82(127-21-96,145-65(23)47(106)32(104)10-88)125-19-41-51(110)58(117)62(121)77(136-41)139-68-37(15-93)133-75(45(56(68)115)86-28(6)100)143-72-60(119)49(108)34(12-90)130-80(72)124-18-40-53(112)71(64(123)79(135-40)141-70-39(17-95)132-74(44(55(70)114)85-27(5)99)138-67-36(14-92)129-25(3)43(54(67)113)84-26(4)98)142-81-73(61(120)50(109)35(13-91)131-81)144-76-46(87-29(7)101)57(116)69(38(16-94)134-76)140-78-63(122)59(118)52(111)42(137-78)20-126-83(128-22-97)9-31(103)24(2)66(146-83)48(107)33(105)11-89/h21-25,30-81,88-95,102-123H,8-20H2,1-7H3,(H,84,98)(H,85,99)(H,86,100)(H,87,101)/t23-,24-,25+,30+,31+,32+,33+,34?,35?,36?,37-,38?,39?,40?,41?,42?,43?,44?,45?,46?,47-,48-,49+,50+,51+,52+,53+,54-,55-,56?,57-,58+,59+,60+,61?,62?,63?,64?,65?,66?,67+,68-,69+,70+,71+,72?,73?,74+,75-,76+,77+,78+,79+,80-,81+,82+,83+/m1/s1. The van der Waals surface area contributed by atoms with E-state index in [9.17, 15) is 182 Å². The summed E-state index contributed by atoms with van der Waals surface area (Å²) in [6, 6.07) is -7.37. The summed E-state index contributed by atoms with van der Waals surface area (Å²) >= 11 is 0. The second-order valence-corrected chi connectivity index (χ2v) is 37.4. The van der Waals surface area contributed by atoms with E-state index in [4.69, 9.17) is 109 Å². The highest BCUT2D eigenvalue weighted by Crippen LogP contribution is 2.45. The Balaban J connectivity index is 0.887. The normalized spacial score (nSPS) is 47.5. The molecule has 0 radical (unpaired) electrons. The fraction of sp³-hybridized carbons (Fsp3) is 0.928. The molecule has 11 heterocycles. The molecule has 11 fully saturated rings. The molecule has 63 nitrogen and oxygen atoms in total. The van der Waals surface area contributed by atoms with E-state index in [2.05, 4.69) is 21.3 Å². The number of amides is 4. The van der Waals surface area contributed by atoms with Crippen LogP contribution in [0.1, 0.15) is 61.3 Å². The molecule has 844 valence electrons. The SMILES string of the molecule is CC(=O)NC1C(O)[C@H](O[C@@H]2OC(CO[C@]3(OC=O)C[C@H](O)[C@@H](C)C([C@H](O)[C@@H](O)CO)O3)[C@H](O)[C@H](O)C2O)[C@@H](CO)O[C@@H]1OC1[C@H](OCC2O[C@@H](O[C@H]3C(CO)O[C@@H](O[C@H]4C(CO)O[C@@H](C)C(NC(C)=O)[C@H]4O)C(NC(C)=O)[C@H]3O)C(O)[C@@H](O[C@@H]3OC(CO)[C@H](O)C(O)C3O[C@@H]3OC(CO)[C@H](O[C@@H]4OC(CO[C@]5(OC=O)C[C@H](O)[C@@H](C)C([C@H](O)[C@@H](O)CO)O5)[C@H](O)[C@H](O)C4O)[C@H](O)C3NC(C)=O)[C@H]2O)OC(CO)[C@H](O)[C@@H]1O. The van der Waals surface area contributed by atoms with Crippen LogP contribution in [0.3, 0.4) is 0 Å². The summed E-state index contributed by atoms with van der Waals surface area (Å²) in [6.45, 7) is -4.99. The van der Waals surface area contributed by atoms with Gasteiger partial charge in [-0.2, -0.15) is 0 Å². The molecule has 4 amide bonds. The van der Waals surface area contributed by atoms with Crippen molar-refractivity contribution in [2.75, 3.05) is 72.7 Å². The van der Waals surface area contributed by atoms with E-state index in [-0.39, 0.29) is 12.9 Å². The number of carbonyl (C=O) groups is 6. The van der Waals surface area contributed by atoms with Gasteiger partial charge in [0.05, 0.1) is 122 Å². The zero-order valence-electron chi connectivity index (χ0n) is 79.4. The number of carbonyl (C=O) groups excluding carboxylic acids is 6.